The maximum absolute atomic E-state index is 13.4. The van der Waals surface area contributed by atoms with Gasteiger partial charge in [-0.25, -0.2) is 0 Å². The van der Waals surface area contributed by atoms with Crippen LogP contribution in [0.15, 0.2) is 66.4 Å². The topological polar surface area (TPSA) is 79.7 Å². The van der Waals surface area contributed by atoms with Crippen molar-refractivity contribution in [2.45, 2.75) is 38.8 Å². The number of carbonyl (C=O) groups is 2. The van der Waals surface area contributed by atoms with E-state index in [-0.39, 0.29) is 28.3 Å². The fraction of sp³-hybridized carbons (Fsp3) is 0.250. The summed E-state index contributed by atoms with van der Waals surface area (Å²) in [6.07, 6.45) is 1.61. The third-order valence-corrected chi connectivity index (χ3v) is 6.92. The molecule has 1 aromatic heterocycles. The molecule has 3 aromatic rings. The van der Waals surface area contributed by atoms with Gasteiger partial charge < -0.3 is 14.7 Å². The number of aliphatic hydroxyl groups excluding tert-OH is 1. The summed E-state index contributed by atoms with van der Waals surface area (Å²) in [6, 6.07) is 14.7. The van der Waals surface area contributed by atoms with Crippen molar-refractivity contribution >= 4 is 40.7 Å². The van der Waals surface area contributed by atoms with E-state index < -0.39 is 17.7 Å². The predicted molar refractivity (Wildman–Crippen MR) is 140 cm³/mol. The van der Waals surface area contributed by atoms with Crippen LogP contribution in [-0.2, 0) is 21.5 Å². The lowest BCUT2D eigenvalue weighted by atomic mass is 9.85. The summed E-state index contributed by atoms with van der Waals surface area (Å²) in [5.74, 6) is -1.49. The van der Waals surface area contributed by atoms with Crippen LogP contribution in [0, 0.1) is 0 Å². The third-order valence-electron chi connectivity index (χ3n) is 6.18. The van der Waals surface area contributed by atoms with Gasteiger partial charge in [0.1, 0.15) is 11.5 Å². The number of benzene rings is 2. The van der Waals surface area contributed by atoms with Gasteiger partial charge in [0.25, 0.3) is 11.7 Å². The highest BCUT2D eigenvalue weighted by molar-refractivity contribution is 6.46. The molecule has 1 saturated heterocycles. The Labute approximate surface area is 220 Å². The summed E-state index contributed by atoms with van der Waals surface area (Å²) in [7, 11) is 1.49. The highest BCUT2D eigenvalue weighted by Crippen LogP contribution is 2.43. The molecule has 0 spiro atoms. The minimum Gasteiger partial charge on any atom is -0.507 e. The third kappa shape index (κ3) is 4.84. The molecule has 1 unspecified atom stereocenters. The van der Waals surface area contributed by atoms with E-state index in [1.54, 1.807) is 54.7 Å². The monoisotopic (exact) mass is 524 g/mol. The molecule has 1 fully saturated rings. The van der Waals surface area contributed by atoms with Crippen molar-refractivity contribution in [3.8, 4) is 5.75 Å². The zero-order chi connectivity index (χ0) is 26.2. The number of pyridine rings is 1. The predicted octanol–water partition coefficient (Wildman–Crippen LogP) is 6.32. The molecule has 1 aliphatic rings. The van der Waals surface area contributed by atoms with Gasteiger partial charge in [-0.3, -0.25) is 14.6 Å². The molecular weight excluding hydrogens is 499 g/mol. The Hall–Kier alpha value is -3.35. The van der Waals surface area contributed by atoms with Crippen molar-refractivity contribution in [1.29, 1.82) is 0 Å². The standard InChI is InChI=1S/C28H26Cl2N2O4/c1-28(2,3)17-9-11-22(36-4)19(14-17)25(33)23-24(16-8-10-20(29)21(30)13-16)32(27(35)26(23)34)15-18-7-5-6-12-31-18/h5-14,24,33H,15H2,1-4H3/b25-23+. The first-order chi connectivity index (χ1) is 17.0. The molecule has 4 rings (SSSR count). The van der Waals surface area contributed by atoms with Crippen LogP contribution < -0.4 is 4.74 Å². The molecule has 2 heterocycles. The molecular formula is C28H26Cl2N2O4. The van der Waals surface area contributed by atoms with Gasteiger partial charge in [0, 0.05) is 6.20 Å². The maximum atomic E-state index is 13.4. The molecule has 186 valence electrons. The van der Waals surface area contributed by atoms with Crippen molar-refractivity contribution < 1.29 is 19.4 Å². The number of Topliss-reactive ketones (excluding diaryl/α,β-unsaturated/α-hetero) is 1. The first-order valence-electron chi connectivity index (χ1n) is 11.3. The summed E-state index contributed by atoms with van der Waals surface area (Å²) in [6.45, 7) is 6.19. The Balaban J connectivity index is 1.95. The number of methoxy groups -OCH3 is 1. The van der Waals surface area contributed by atoms with E-state index in [9.17, 15) is 14.7 Å². The number of halogens is 2. The molecule has 2 aromatic carbocycles. The van der Waals surface area contributed by atoms with Crippen LogP contribution in [0.2, 0.25) is 10.0 Å². The number of likely N-dealkylation sites (tertiary alicyclic amines) is 1. The summed E-state index contributed by atoms with van der Waals surface area (Å²) < 4.78 is 5.50. The SMILES string of the molecule is COc1ccc(C(C)(C)C)cc1/C(O)=C1\C(=O)C(=O)N(Cc2ccccn2)C1c1ccc(Cl)c(Cl)c1. The van der Waals surface area contributed by atoms with Crippen molar-refractivity contribution in [1.82, 2.24) is 9.88 Å². The van der Waals surface area contributed by atoms with E-state index in [4.69, 9.17) is 27.9 Å². The quantitative estimate of drug-likeness (QED) is 0.240. The number of ether oxygens (including phenoxy) is 1. The maximum Gasteiger partial charge on any atom is 0.296 e. The van der Waals surface area contributed by atoms with Crippen molar-refractivity contribution in [2.75, 3.05) is 7.11 Å². The number of hydrogen-bond donors (Lipinski definition) is 1. The Morgan fingerprint density at radius 1 is 1.06 bits per heavy atom. The van der Waals surface area contributed by atoms with Crippen LogP contribution in [0.3, 0.4) is 0 Å². The average Bonchev–Trinajstić information content (AvgIpc) is 3.10. The van der Waals surface area contributed by atoms with Gasteiger partial charge in [-0.2, -0.15) is 0 Å². The summed E-state index contributed by atoms with van der Waals surface area (Å²) in [5, 5.41) is 12.2. The Morgan fingerprint density at radius 2 is 1.81 bits per heavy atom. The first kappa shape index (κ1) is 25.7. The first-order valence-corrected chi connectivity index (χ1v) is 12.1. The fourth-order valence-corrected chi connectivity index (χ4v) is 4.55. The average molecular weight is 525 g/mol. The van der Waals surface area contributed by atoms with Crippen LogP contribution in [0.1, 0.15) is 49.2 Å². The Kier molecular flexibility index (Phi) is 7.12. The molecule has 0 saturated carbocycles. The van der Waals surface area contributed by atoms with Gasteiger partial charge in [0.2, 0.25) is 0 Å². The lowest BCUT2D eigenvalue weighted by Gasteiger charge is -2.26. The van der Waals surface area contributed by atoms with Crippen LogP contribution in [0.25, 0.3) is 5.76 Å². The molecule has 36 heavy (non-hydrogen) atoms. The molecule has 1 atom stereocenters. The number of nitrogens with zero attached hydrogens (tertiary/aromatic N) is 2. The number of aliphatic hydroxyl groups is 1. The van der Waals surface area contributed by atoms with Gasteiger partial charge in [0.15, 0.2) is 0 Å². The van der Waals surface area contributed by atoms with E-state index in [0.717, 1.165) is 5.56 Å². The lowest BCUT2D eigenvalue weighted by molar-refractivity contribution is -0.140. The van der Waals surface area contributed by atoms with Crippen molar-refractivity contribution in [3.05, 3.63) is 98.8 Å². The summed E-state index contributed by atoms with van der Waals surface area (Å²) >= 11 is 12.4. The molecule has 8 heteroatoms. The van der Waals surface area contributed by atoms with Crippen molar-refractivity contribution in [3.63, 3.8) is 0 Å². The van der Waals surface area contributed by atoms with E-state index >= 15 is 0 Å². The number of amides is 1. The van der Waals surface area contributed by atoms with Gasteiger partial charge in [-0.15, -0.1) is 0 Å². The number of aromatic nitrogens is 1. The minimum atomic E-state index is -0.912. The second-order valence-corrected chi connectivity index (χ2v) is 10.4. The van der Waals surface area contributed by atoms with E-state index in [1.807, 2.05) is 26.8 Å². The fourth-order valence-electron chi connectivity index (χ4n) is 4.24. The van der Waals surface area contributed by atoms with Crippen molar-refractivity contribution in [2.24, 2.45) is 0 Å². The van der Waals surface area contributed by atoms with E-state index in [1.165, 1.54) is 12.0 Å². The number of hydrogen-bond acceptors (Lipinski definition) is 5. The summed E-state index contributed by atoms with van der Waals surface area (Å²) in [4.78, 5) is 32.4. The summed E-state index contributed by atoms with van der Waals surface area (Å²) in [5.41, 5.74) is 2.10. The smallest absolute Gasteiger partial charge is 0.296 e. The molecule has 1 amide bonds. The molecule has 1 N–H and O–H groups in total. The largest absolute Gasteiger partial charge is 0.507 e. The van der Waals surface area contributed by atoms with Gasteiger partial charge in [-0.1, -0.05) is 62.2 Å². The van der Waals surface area contributed by atoms with E-state index in [0.29, 0.717) is 27.6 Å². The molecule has 0 radical (unpaired) electrons. The molecule has 6 nitrogen and oxygen atoms in total. The number of carbonyl (C=O) groups excluding carboxylic acids is 2. The number of ketones is 1. The van der Waals surface area contributed by atoms with Gasteiger partial charge in [0.05, 0.1) is 46.6 Å². The zero-order valence-electron chi connectivity index (χ0n) is 20.4. The van der Waals surface area contributed by atoms with Gasteiger partial charge >= 0.3 is 0 Å². The van der Waals surface area contributed by atoms with Crippen LogP contribution >= 0.6 is 23.2 Å². The molecule has 0 bridgehead atoms. The van der Waals surface area contributed by atoms with E-state index in [2.05, 4.69) is 4.98 Å². The number of rotatable bonds is 5. The van der Waals surface area contributed by atoms with Crippen LogP contribution in [0.4, 0.5) is 0 Å². The van der Waals surface area contributed by atoms with Gasteiger partial charge in [-0.05, 0) is 52.9 Å². The molecule has 0 aliphatic carbocycles. The normalized spacial score (nSPS) is 17.5. The Morgan fingerprint density at radius 3 is 2.42 bits per heavy atom. The Bertz CT molecular complexity index is 1360. The minimum absolute atomic E-state index is 0.0568. The van der Waals surface area contributed by atoms with Crippen LogP contribution in [-0.4, -0.2) is 33.8 Å². The lowest BCUT2D eigenvalue weighted by Crippen LogP contribution is -2.29. The second-order valence-electron chi connectivity index (χ2n) is 9.59. The zero-order valence-corrected chi connectivity index (χ0v) is 21.9. The second kappa shape index (κ2) is 9.96. The highest BCUT2D eigenvalue weighted by Gasteiger charge is 2.46. The molecule has 1 aliphatic heterocycles. The highest BCUT2D eigenvalue weighted by atomic mass is 35.5. The van der Waals surface area contributed by atoms with Crippen LogP contribution in [0.5, 0.6) is 5.75 Å².